The number of nitrogens with one attached hydrogen (secondary N) is 1. The van der Waals surface area contributed by atoms with Crippen LogP contribution in [0, 0.1) is 6.92 Å². The Morgan fingerprint density at radius 3 is 2.95 bits per heavy atom. The Bertz CT molecular complexity index is 441. The number of aliphatic hydroxyl groups is 1. The molecular formula is C14H21NO4. The normalized spacial score (nSPS) is 23.3. The number of esters is 1. The number of methoxy groups -OCH3 is 1. The van der Waals surface area contributed by atoms with Crippen LogP contribution in [-0.2, 0) is 11.3 Å². The van der Waals surface area contributed by atoms with Crippen molar-refractivity contribution in [2.24, 2.45) is 0 Å². The van der Waals surface area contributed by atoms with E-state index in [1.54, 1.807) is 13.0 Å². The molecule has 2 N–H and O–H groups in total. The predicted octanol–water partition coefficient (Wildman–Crippen LogP) is 1.77. The summed E-state index contributed by atoms with van der Waals surface area (Å²) in [7, 11) is 1.35. The van der Waals surface area contributed by atoms with Crippen molar-refractivity contribution in [3.8, 4) is 0 Å². The maximum Gasteiger partial charge on any atom is 0.341 e. The topological polar surface area (TPSA) is 71.7 Å². The van der Waals surface area contributed by atoms with Crippen LogP contribution in [0.15, 0.2) is 10.5 Å². The first-order chi connectivity index (χ1) is 9.11. The molecule has 2 rings (SSSR count). The lowest BCUT2D eigenvalue weighted by Crippen LogP contribution is -2.41. The first-order valence-electron chi connectivity index (χ1n) is 6.71. The third kappa shape index (κ3) is 3.36. The number of carbonyl (C=O) groups is 1. The molecule has 106 valence electrons. The van der Waals surface area contributed by atoms with E-state index >= 15 is 0 Å². The third-order valence-corrected chi connectivity index (χ3v) is 3.64. The van der Waals surface area contributed by atoms with Gasteiger partial charge < -0.3 is 19.6 Å². The maximum absolute atomic E-state index is 11.5. The average molecular weight is 267 g/mol. The molecule has 0 saturated heterocycles. The summed E-state index contributed by atoms with van der Waals surface area (Å²) in [4.78, 5) is 11.5. The summed E-state index contributed by atoms with van der Waals surface area (Å²) in [5.41, 5.74) is 0.462. The Kier molecular flexibility index (Phi) is 4.61. The van der Waals surface area contributed by atoms with Crippen LogP contribution in [-0.4, -0.2) is 30.3 Å². The summed E-state index contributed by atoms with van der Waals surface area (Å²) in [5.74, 6) is 0.869. The van der Waals surface area contributed by atoms with Crippen LogP contribution in [0.25, 0.3) is 0 Å². The number of ether oxygens (including phenoxy) is 1. The van der Waals surface area contributed by atoms with Gasteiger partial charge in [-0.2, -0.15) is 0 Å². The monoisotopic (exact) mass is 267 g/mol. The van der Waals surface area contributed by atoms with Crippen molar-refractivity contribution in [2.75, 3.05) is 7.11 Å². The highest BCUT2D eigenvalue weighted by Gasteiger charge is 2.23. The molecule has 0 bridgehead atoms. The van der Waals surface area contributed by atoms with Gasteiger partial charge in [-0.05, 0) is 25.8 Å². The van der Waals surface area contributed by atoms with Crippen LogP contribution in [0.2, 0.25) is 0 Å². The van der Waals surface area contributed by atoms with E-state index in [1.165, 1.54) is 7.11 Å². The number of hydrogen-bond acceptors (Lipinski definition) is 5. The largest absolute Gasteiger partial charge is 0.465 e. The van der Waals surface area contributed by atoms with Crippen molar-refractivity contribution in [1.82, 2.24) is 5.32 Å². The van der Waals surface area contributed by atoms with E-state index in [0.29, 0.717) is 23.6 Å². The molecule has 0 aliphatic heterocycles. The Morgan fingerprint density at radius 2 is 2.26 bits per heavy atom. The second kappa shape index (κ2) is 6.21. The molecule has 0 radical (unpaired) electrons. The van der Waals surface area contributed by atoms with Crippen molar-refractivity contribution in [3.63, 3.8) is 0 Å². The summed E-state index contributed by atoms with van der Waals surface area (Å²) in [6, 6.07) is 1.81. The first-order valence-corrected chi connectivity index (χ1v) is 6.71. The van der Waals surface area contributed by atoms with Crippen molar-refractivity contribution in [2.45, 2.75) is 51.3 Å². The summed E-state index contributed by atoms with van der Waals surface area (Å²) in [6.07, 6.45) is 3.77. The SMILES string of the molecule is COC(=O)c1cc(CNC2CCCCC2O)oc1C. The molecule has 1 aromatic rings. The smallest absolute Gasteiger partial charge is 0.341 e. The number of hydrogen-bond donors (Lipinski definition) is 2. The maximum atomic E-state index is 11.5. The molecule has 19 heavy (non-hydrogen) atoms. The van der Waals surface area contributed by atoms with Gasteiger partial charge in [-0.1, -0.05) is 12.8 Å². The van der Waals surface area contributed by atoms with Crippen molar-refractivity contribution in [3.05, 3.63) is 23.2 Å². The second-order valence-electron chi connectivity index (χ2n) is 5.01. The number of aliphatic hydroxyl groups excluding tert-OH is 1. The van der Waals surface area contributed by atoms with Gasteiger partial charge in [-0.15, -0.1) is 0 Å². The Labute approximate surface area is 112 Å². The van der Waals surface area contributed by atoms with Crippen molar-refractivity contribution < 1.29 is 19.1 Å². The molecule has 2 unspecified atom stereocenters. The van der Waals surface area contributed by atoms with Crippen LogP contribution >= 0.6 is 0 Å². The number of rotatable bonds is 4. The highest BCUT2D eigenvalue weighted by Crippen LogP contribution is 2.20. The summed E-state index contributed by atoms with van der Waals surface area (Å²) in [5, 5.41) is 13.2. The molecule has 0 aromatic carbocycles. The molecule has 5 heteroatoms. The molecule has 1 aliphatic carbocycles. The number of carbonyl (C=O) groups excluding carboxylic acids is 1. The zero-order valence-corrected chi connectivity index (χ0v) is 11.4. The highest BCUT2D eigenvalue weighted by molar-refractivity contribution is 5.90. The van der Waals surface area contributed by atoms with Gasteiger partial charge in [-0.3, -0.25) is 0 Å². The van der Waals surface area contributed by atoms with Crippen LogP contribution in [0.4, 0.5) is 0 Å². The summed E-state index contributed by atoms with van der Waals surface area (Å²) < 4.78 is 10.2. The van der Waals surface area contributed by atoms with Crippen LogP contribution in [0.3, 0.4) is 0 Å². The van der Waals surface area contributed by atoms with E-state index in [4.69, 9.17) is 4.42 Å². The summed E-state index contributed by atoms with van der Waals surface area (Å²) >= 11 is 0. The van der Waals surface area contributed by atoms with E-state index in [2.05, 4.69) is 10.1 Å². The first kappa shape index (κ1) is 14.1. The minimum Gasteiger partial charge on any atom is -0.465 e. The predicted molar refractivity (Wildman–Crippen MR) is 69.9 cm³/mol. The molecule has 1 aromatic heterocycles. The van der Waals surface area contributed by atoms with Gasteiger partial charge in [0.25, 0.3) is 0 Å². The van der Waals surface area contributed by atoms with E-state index in [0.717, 1.165) is 25.7 Å². The van der Waals surface area contributed by atoms with E-state index < -0.39 is 0 Å². The number of aryl methyl sites for hydroxylation is 1. The molecule has 0 amide bonds. The molecule has 2 atom stereocenters. The Hall–Kier alpha value is -1.33. The Balaban J connectivity index is 1.94. The van der Waals surface area contributed by atoms with Gasteiger partial charge in [0.1, 0.15) is 17.1 Å². The Morgan fingerprint density at radius 1 is 1.53 bits per heavy atom. The lowest BCUT2D eigenvalue weighted by molar-refractivity contribution is 0.0598. The van der Waals surface area contributed by atoms with Gasteiger partial charge in [0.05, 0.1) is 19.8 Å². The van der Waals surface area contributed by atoms with Gasteiger partial charge >= 0.3 is 5.97 Å². The van der Waals surface area contributed by atoms with E-state index in [9.17, 15) is 9.90 Å². The minimum absolute atomic E-state index is 0.112. The minimum atomic E-state index is -0.384. The van der Waals surface area contributed by atoms with Gasteiger partial charge in [0.2, 0.25) is 0 Å². The fourth-order valence-corrected chi connectivity index (χ4v) is 2.52. The average Bonchev–Trinajstić information content (AvgIpc) is 2.78. The van der Waals surface area contributed by atoms with Crippen LogP contribution in [0.5, 0.6) is 0 Å². The third-order valence-electron chi connectivity index (χ3n) is 3.64. The van der Waals surface area contributed by atoms with Gasteiger partial charge in [0, 0.05) is 6.04 Å². The fraction of sp³-hybridized carbons (Fsp3) is 0.643. The molecule has 1 saturated carbocycles. The molecule has 1 heterocycles. The number of furan rings is 1. The van der Waals surface area contributed by atoms with Crippen LogP contribution < -0.4 is 5.32 Å². The lowest BCUT2D eigenvalue weighted by Gasteiger charge is -2.28. The van der Waals surface area contributed by atoms with E-state index in [1.807, 2.05) is 0 Å². The zero-order chi connectivity index (χ0) is 13.8. The standard InChI is InChI=1S/C14H21NO4/c1-9-11(14(17)18-2)7-10(19-9)8-15-12-5-3-4-6-13(12)16/h7,12-13,15-16H,3-6,8H2,1-2H3. The van der Waals surface area contributed by atoms with Crippen molar-refractivity contribution >= 4 is 5.97 Å². The zero-order valence-electron chi connectivity index (χ0n) is 11.4. The molecule has 0 spiro atoms. The molecule has 1 fully saturated rings. The summed E-state index contributed by atoms with van der Waals surface area (Å²) in [6.45, 7) is 2.25. The van der Waals surface area contributed by atoms with Gasteiger partial charge in [-0.25, -0.2) is 4.79 Å². The molecule has 1 aliphatic rings. The molecular weight excluding hydrogens is 246 g/mol. The second-order valence-corrected chi connectivity index (χ2v) is 5.01. The van der Waals surface area contributed by atoms with Gasteiger partial charge in [0.15, 0.2) is 0 Å². The molecule has 5 nitrogen and oxygen atoms in total. The van der Waals surface area contributed by atoms with Crippen molar-refractivity contribution in [1.29, 1.82) is 0 Å². The highest BCUT2D eigenvalue weighted by atomic mass is 16.5. The van der Waals surface area contributed by atoms with Crippen LogP contribution in [0.1, 0.15) is 47.6 Å². The quantitative estimate of drug-likeness (QED) is 0.813. The fourth-order valence-electron chi connectivity index (χ4n) is 2.52. The lowest BCUT2D eigenvalue weighted by atomic mass is 9.92. The van der Waals surface area contributed by atoms with E-state index in [-0.39, 0.29) is 18.1 Å².